The number of rotatable bonds is 2. The number of carbonyl (C=O) groups excluding carboxylic acids is 2. The SMILES string of the molecule is CCC1(CC)OC(=O)C(C)=C(C)C1=O. The molecule has 0 spiro atoms. The highest BCUT2D eigenvalue weighted by Gasteiger charge is 2.44. The van der Waals surface area contributed by atoms with Crippen LogP contribution in [0.25, 0.3) is 0 Å². The number of hydrogen-bond donors (Lipinski definition) is 0. The predicted octanol–water partition coefficient (Wildman–Crippen LogP) is 2.01. The standard InChI is InChI=1S/C11H16O3/c1-5-11(6-2)9(12)7(3)8(4)10(13)14-11/h5-6H2,1-4H3. The van der Waals surface area contributed by atoms with Crippen molar-refractivity contribution in [2.24, 2.45) is 0 Å². The Hall–Kier alpha value is -1.12. The van der Waals surface area contributed by atoms with Crippen LogP contribution in [-0.2, 0) is 14.3 Å². The fourth-order valence-corrected chi connectivity index (χ4v) is 1.68. The second-order valence-electron chi connectivity index (χ2n) is 3.67. The molecule has 0 aromatic heterocycles. The fraction of sp³-hybridized carbons (Fsp3) is 0.636. The van der Waals surface area contributed by atoms with Crippen LogP contribution in [0.15, 0.2) is 11.1 Å². The fourth-order valence-electron chi connectivity index (χ4n) is 1.68. The number of carbonyl (C=O) groups is 2. The maximum absolute atomic E-state index is 11.9. The third kappa shape index (κ3) is 1.37. The number of esters is 1. The molecule has 0 aromatic carbocycles. The van der Waals surface area contributed by atoms with Gasteiger partial charge in [-0.05, 0) is 26.7 Å². The minimum atomic E-state index is -0.902. The molecular weight excluding hydrogens is 180 g/mol. The van der Waals surface area contributed by atoms with E-state index in [1.54, 1.807) is 13.8 Å². The average Bonchev–Trinajstić information content (AvgIpc) is 2.21. The zero-order chi connectivity index (χ0) is 10.9. The van der Waals surface area contributed by atoms with Crippen LogP contribution in [0.1, 0.15) is 40.5 Å². The molecule has 0 saturated heterocycles. The van der Waals surface area contributed by atoms with Crippen molar-refractivity contribution in [3.63, 3.8) is 0 Å². The number of cyclic esters (lactones) is 1. The molecule has 14 heavy (non-hydrogen) atoms. The molecule has 1 aliphatic rings. The Morgan fingerprint density at radius 2 is 1.57 bits per heavy atom. The van der Waals surface area contributed by atoms with Gasteiger partial charge in [-0.2, -0.15) is 0 Å². The van der Waals surface area contributed by atoms with E-state index in [1.165, 1.54) is 0 Å². The Kier molecular flexibility index (Phi) is 2.79. The molecule has 3 nitrogen and oxygen atoms in total. The molecule has 0 fully saturated rings. The van der Waals surface area contributed by atoms with Crippen molar-refractivity contribution in [2.75, 3.05) is 0 Å². The van der Waals surface area contributed by atoms with Crippen molar-refractivity contribution in [1.82, 2.24) is 0 Å². The molecule has 0 radical (unpaired) electrons. The Bertz CT molecular complexity index is 308. The number of ketones is 1. The Morgan fingerprint density at radius 3 is 2.00 bits per heavy atom. The van der Waals surface area contributed by atoms with E-state index < -0.39 is 5.60 Å². The molecule has 3 heteroatoms. The maximum Gasteiger partial charge on any atom is 0.335 e. The van der Waals surface area contributed by atoms with Gasteiger partial charge in [0.05, 0.1) is 0 Å². The molecule has 0 N–H and O–H groups in total. The molecule has 78 valence electrons. The molecule has 1 aliphatic heterocycles. The van der Waals surface area contributed by atoms with Gasteiger partial charge in [0, 0.05) is 11.1 Å². The van der Waals surface area contributed by atoms with Crippen LogP contribution in [0, 0.1) is 0 Å². The Balaban J connectivity index is 3.20. The van der Waals surface area contributed by atoms with Crippen molar-refractivity contribution in [3.05, 3.63) is 11.1 Å². The normalized spacial score (nSPS) is 21.1. The van der Waals surface area contributed by atoms with Crippen LogP contribution >= 0.6 is 0 Å². The summed E-state index contributed by atoms with van der Waals surface area (Å²) < 4.78 is 5.22. The van der Waals surface area contributed by atoms with E-state index in [0.29, 0.717) is 24.0 Å². The Labute approximate surface area is 84.1 Å². The summed E-state index contributed by atoms with van der Waals surface area (Å²) in [5, 5.41) is 0. The van der Waals surface area contributed by atoms with Crippen molar-refractivity contribution in [1.29, 1.82) is 0 Å². The monoisotopic (exact) mass is 196 g/mol. The summed E-state index contributed by atoms with van der Waals surface area (Å²) in [7, 11) is 0. The molecule has 1 rings (SSSR count). The van der Waals surface area contributed by atoms with Gasteiger partial charge < -0.3 is 4.74 Å². The van der Waals surface area contributed by atoms with E-state index in [-0.39, 0.29) is 11.8 Å². The van der Waals surface area contributed by atoms with Crippen LogP contribution in [-0.4, -0.2) is 17.4 Å². The number of Topliss-reactive ketones (excluding diaryl/α,β-unsaturated/α-hetero) is 1. The molecule has 0 saturated carbocycles. The van der Waals surface area contributed by atoms with Gasteiger partial charge in [0.15, 0.2) is 5.60 Å². The maximum atomic E-state index is 11.9. The summed E-state index contributed by atoms with van der Waals surface area (Å²) in [6.45, 7) is 7.05. The van der Waals surface area contributed by atoms with Crippen LogP contribution < -0.4 is 0 Å². The lowest BCUT2D eigenvalue weighted by atomic mass is 9.84. The van der Waals surface area contributed by atoms with Gasteiger partial charge in [0.2, 0.25) is 5.78 Å². The molecule has 0 aromatic rings. The Morgan fingerprint density at radius 1 is 1.07 bits per heavy atom. The summed E-state index contributed by atoms with van der Waals surface area (Å²) in [5.41, 5.74) is 0.0817. The van der Waals surface area contributed by atoms with Crippen LogP contribution in [0.5, 0.6) is 0 Å². The minimum Gasteiger partial charge on any atom is -0.447 e. The highest BCUT2D eigenvalue weighted by Crippen LogP contribution is 2.31. The summed E-state index contributed by atoms with van der Waals surface area (Å²) >= 11 is 0. The van der Waals surface area contributed by atoms with E-state index >= 15 is 0 Å². The summed E-state index contributed by atoms with van der Waals surface area (Å²) in [6.07, 6.45) is 1.08. The molecular formula is C11H16O3. The third-order valence-electron chi connectivity index (χ3n) is 3.05. The quantitative estimate of drug-likeness (QED) is 0.634. The van der Waals surface area contributed by atoms with E-state index in [1.807, 2.05) is 13.8 Å². The van der Waals surface area contributed by atoms with Gasteiger partial charge in [0.25, 0.3) is 0 Å². The second-order valence-corrected chi connectivity index (χ2v) is 3.67. The van der Waals surface area contributed by atoms with Gasteiger partial charge in [-0.15, -0.1) is 0 Å². The van der Waals surface area contributed by atoms with Crippen LogP contribution in [0.4, 0.5) is 0 Å². The van der Waals surface area contributed by atoms with Crippen molar-refractivity contribution < 1.29 is 14.3 Å². The van der Waals surface area contributed by atoms with Gasteiger partial charge in [-0.25, -0.2) is 4.79 Å². The molecule has 0 atom stereocenters. The van der Waals surface area contributed by atoms with Crippen LogP contribution in [0.2, 0.25) is 0 Å². The van der Waals surface area contributed by atoms with Gasteiger partial charge in [-0.1, -0.05) is 13.8 Å². The first kappa shape index (κ1) is 11.0. The average molecular weight is 196 g/mol. The van der Waals surface area contributed by atoms with E-state index in [2.05, 4.69) is 0 Å². The zero-order valence-electron chi connectivity index (χ0n) is 9.14. The summed E-state index contributed by atoms with van der Waals surface area (Å²) in [4.78, 5) is 23.4. The lowest BCUT2D eigenvalue weighted by molar-refractivity contribution is -0.166. The molecule has 1 heterocycles. The third-order valence-corrected chi connectivity index (χ3v) is 3.05. The summed E-state index contributed by atoms with van der Waals surface area (Å²) in [6, 6.07) is 0. The second kappa shape index (κ2) is 3.56. The first-order valence-corrected chi connectivity index (χ1v) is 4.94. The van der Waals surface area contributed by atoms with E-state index in [4.69, 9.17) is 4.74 Å². The minimum absolute atomic E-state index is 0.0420. The van der Waals surface area contributed by atoms with Crippen molar-refractivity contribution >= 4 is 11.8 Å². The number of ether oxygens (including phenoxy) is 1. The largest absolute Gasteiger partial charge is 0.447 e. The zero-order valence-corrected chi connectivity index (χ0v) is 9.14. The van der Waals surface area contributed by atoms with Gasteiger partial charge in [-0.3, -0.25) is 4.79 Å². The molecule has 0 amide bonds. The van der Waals surface area contributed by atoms with Crippen molar-refractivity contribution in [3.8, 4) is 0 Å². The van der Waals surface area contributed by atoms with Crippen LogP contribution in [0.3, 0.4) is 0 Å². The first-order chi connectivity index (χ1) is 6.48. The lowest BCUT2D eigenvalue weighted by Gasteiger charge is -2.34. The summed E-state index contributed by atoms with van der Waals surface area (Å²) in [5.74, 6) is -0.398. The molecule has 0 bridgehead atoms. The lowest BCUT2D eigenvalue weighted by Crippen LogP contribution is -2.46. The van der Waals surface area contributed by atoms with Gasteiger partial charge >= 0.3 is 5.97 Å². The van der Waals surface area contributed by atoms with E-state index in [0.717, 1.165) is 0 Å². The highest BCUT2D eigenvalue weighted by atomic mass is 16.6. The van der Waals surface area contributed by atoms with Gasteiger partial charge in [0.1, 0.15) is 0 Å². The van der Waals surface area contributed by atoms with E-state index in [9.17, 15) is 9.59 Å². The first-order valence-electron chi connectivity index (χ1n) is 4.94. The topological polar surface area (TPSA) is 43.4 Å². The highest BCUT2D eigenvalue weighted by molar-refractivity contribution is 6.11. The predicted molar refractivity (Wildman–Crippen MR) is 52.8 cm³/mol. The molecule has 0 aliphatic carbocycles. The molecule has 0 unspecified atom stereocenters. The smallest absolute Gasteiger partial charge is 0.335 e. The number of hydrogen-bond acceptors (Lipinski definition) is 3. The van der Waals surface area contributed by atoms with Crippen molar-refractivity contribution in [2.45, 2.75) is 46.1 Å².